The Morgan fingerprint density at radius 2 is 2.14 bits per heavy atom. The van der Waals surface area contributed by atoms with E-state index in [1.807, 2.05) is 14.1 Å². The third kappa shape index (κ3) is 3.25. The van der Waals surface area contributed by atoms with Gasteiger partial charge in [-0.1, -0.05) is 22.6 Å². The van der Waals surface area contributed by atoms with Crippen LogP contribution in [0.1, 0.15) is 0 Å². The minimum Gasteiger partial charge on any atom is -0.328 e. The van der Waals surface area contributed by atoms with Crippen molar-refractivity contribution < 1.29 is 0 Å². The van der Waals surface area contributed by atoms with E-state index in [4.69, 9.17) is 5.73 Å². The molecule has 2 nitrogen and oxygen atoms in total. The first-order valence-electron chi connectivity index (χ1n) is 2.19. The quantitative estimate of drug-likeness (QED) is 0.406. The monoisotopic (exact) mass is 214 g/mol. The molecule has 3 heteroatoms. The van der Waals surface area contributed by atoms with Gasteiger partial charge < -0.3 is 5.73 Å². The van der Waals surface area contributed by atoms with E-state index in [2.05, 4.69) is 27.5 Å². The van der Waals surface area contributed by atoms with Gasteiger partial charge in [-0.05, 0) is 14.1 Å². The van der Waals surface area contributed by atoms with Crippen LogP contribution < -0.4 is 5.73 Å². The summed E-state index contributed by atoms with van der Waals surface area (Å²) in [5, 5.41) is 0. The maximum atomic E-state index is 5.32. The molecule has 1 unspecified atom stereocenters. The average molecular weight is 214 g/mol. The van der Waals surface area contributed by atoms with Crippen molar-refractivity contribution in [1.29, 1.82) is 0 Å². The van der Waals surface area contributed by atoms with Crippen molar-refractivity contribution in [1.82, 2.24) is 4.90 Å². The van der Waals surface area contributed by atoms with Gasteiger partial charge in [0, 0.05) is 6.54 Å². The molecule has 0 heterocycles. The van der Waals surface area contributed by atoms with Crippen LogP contribution in [-0.2, 0) is 0 Å². The van der Waals surface area contributed by atoms with Crippen molar-refractivity contribution in [3.05, 3.63) is 0 Å². The molecule has 0 spiro atoms. The van der Waals surface area contributed by atoms with Gasteiger partial charge in [-0.15, -0.1) is 0 Å². The van der Waals surface area contributed by atoms with Gasteiger partial charge in [-0.25, -0.2) is 0 Å². The summed E-state index contributed by atoms with van der Waals surface area (Å²) in [4.78, 5) is 2.08. The zero-order valence-electron chi connectivity index (χ0n) is 4.69. The van der Waals surface area contributed by atoms with Crippen molar-refractivity contribution >= 4 is 22.6 Å². The van der Waals surface area contributed by atoms with Crippen LogP contribution >= 0.6 is 22.6 Å². The second-order valence-corrected chi connectivity index (χ2v) is 3.07. The standard InChI is InChI=1S/C4H11IN2/c1-7(2)4(5)3-6/h4H,3,6H2,1-2H3. The normalized spacial score (nSPS) is 15.0. The minimum absolute atomic E-state index is 0.484. The second-order valence-electron chi connectivity index (χ2n) is 1.63. The number of likely N-dealkylation sites (N-methyl/N-ethyl adjacent to an activating group) is 1. The van der Waals surface area contributed by atoms with Gasteiger partial charge in [0.15, 0.2) is 0 Å². The van der Waals surface area contributed by atoms with Gasteiger partial charge in [-0.2, -0.15) is 0 Å². The summed E-state index contributed by atoms with van der Waals surface area (Å²) in [5.74, 6) is 0. The molecule has 0 fully saturated rings. The zero-order valence-corrected chi connectivity index (χ0v) is 6.84. The lowest BCUT2D eigenvalue weighted by Gasteiger charge is -2.14. The molecule has 0 aromatic rings. The van der Waals surface area contributed by atoms with Crippen molar-refractivity contribution in [3.63, 3.8) is 0 Å². The summed E-state index contributed by atoms with van der Waals surface area (Å²) in [6.07, 6.45) is 0. The fourth-order valence-electron chi connectivity index (χ4n) is 0.211. The first kappa shape index (κ1) is 7.65. The van der Waals surface area contributed by atoms with E-state index < -0.39 is 0 Å². The molecule has 0 bridgehead atoms. The van der Waals surface area contributed by atoms with Crippen LogP contribution in [0.3, 0.4) is 0 Å². The Balaban J connectivity index is 3.14. The van der Waals surface area contributed by atoms with E-state index in [1.165, 1.54) is 0 Å². The van der Waals surface area contributed by atoms with Crippen molar-refractivity contribution in [2.75, 3.05) is 20.6 Å². The number of halogens is 1. The third-order valence-electron chi connectivity index (χ3n) is 0.755. The van der Waals surface area contributed by atoms with E-state index in [-0.39, 0.29) is 0 Å². The first-order valence-corrected chi connectivity index (χ1v) is 3.43. The van der Waals surface area contributed by atoms with E-state index in [0.29, 0.717) is 4.05 Å². The molecule has 0 aromatic heterocycles. The Bertz CT molecular complexity index is 47.0. The Hall–Kier alpha value is 0.650. The number of rotatable bonds is 2. The molecular formula is C4H11IN2. The molecule has 0 aliphatic carbocycles. The summed E-state index contributed by atoms with van der Waals surface area (Å²) in [5.41, 5.74) is 5.32. The molecule has 0 amide bonds. The minimum atomic E-state index is 0.484. The molecule has 0 radical (unpaired) electrons. The lowest BCUT2D eigenvalue weighted by atomic mass is 10.6. The second kappa shape index (κ2) is 3.63. The molecule has 0 saturated carbocycles. The predicted molar refractivity (Wildman–Crippen MR) is 40.5 cm³/mol. The van der Waals surface area contributed by atoms with Gasteiger partial charge in [-0.3, -0.25) is 4.90 Å². The van der Waals surface area contributed by atoms with E-state index in [1.54, 1.807) is 0 Å². The maximum Gasteiger partial charge on any atom is 0.0737 e. The van der Waals surface area contributed by atoms with Gasteiger partial charge in [0.1, 0.15) is 0 Å². The summed E-state index contributed by atoms with van der Waals surface area (Å²) >= 11 is 2.30. The van der Waals surface area contributed by atoms with Crippen LogP contribution in [0.25, 0.3) is 0 Å². The molecule has 0 rings (SSSR count). The highest BCUT2D eigenvalue weighted by molar-refractivity contribution is 14.1. The van der Waals surface area contributed by atoms with Crippen LogP contribution in [-0.4, -0.2) is 29.6 Å². The molecule has 0 saturated heterocycles. The van der Waals surface area contributed by atoms with Gasteiger partial charge in [0.05, 0.1) is 4.05 Å². The molecule has 1 atom stereocenters. The molecule has 44 valence electrons. The van der Waals surface area contributed by atoms with Gasteiger partial charge in [0.2, 0.25) is 0 Å². The topological polar surface area (TPSA) is 29.3 Å². The number of nitrogens with two attached hydrogens (primary N) is 1. The first-order chi connectivity index (χ1) is 3.18. The molecule has 0 aromatic carbocycles. The lowest BCUT2D eigenvalue weighted by molar-refractivity contribution is 0.403. The Labute approximate surface area is 58.2 Å². The predicted octanol–water partition coefficient (Wildman–Crippen LogP) is 0.268. The SMILES string of the molecule is CN(C)C(I)CN. The van der Waals surface area contributed by atoms with Crippen molar-refractivity contribution in [3.8, 4) is 0 Å². The third-order valence-corrected chi connectivity index (χ3v) is 2.38. The van der Waals surface area contributed by atoms with Crippen LogP contribution in [0.2, 0.25) is 0 Å². The number of nitrogens with zero attached hydrogens (tertiary/aromatic N) is 1. The molecule has 0 aliphatic rings. The highest BCUT2D eigenvalue weighted by atomic mass is 127. The zero-order chi connectivity index (χ0) is 5.86. The highest BCUT2D eigenvalue weighted by Crippen LogP contribution is 1.98. The highest BCUT2D eigenvalue weighted by Gasteiger charge is 1.99. The maximum absolute atomic E-state index is 5.32. The molecule has 2 N–H and O–H groups in total. The molecule has 7 heavy (non-hydrogen) atoms. The fourth-order valence-corrected chi connectivity index (χ4v) is 0.211. The smallest absolute Gasteiger partial charge is 0.0737 e. The average Bonchev–Trinajstić information content (AvgIpc) is 1.65. The van der Waals surface area contributed by atoms with Gasteiger partial charge in [0.25, 0.3) is 0 Å². The van der Waals surface area contributed by atoms with Crippen LogP contribution in [0, 0.1) is 0 Å². The van der Waals surface area contributed by atoms with Crippen LogP contribution in [0.15, 0.2) is 0 Å². The molecular weight excluding hydrogens is 203 g/mol. The molecule has 0 aliphatic heterocycles. The summed E-state index contributed by atoms with van der Waals surface area (Å²) in [7, 11) is 4.04. The van der Waals surface area contributed by atoms with E-state index in [9.17, 15) is 0 Å². The number of alkyl halides is 1. The number of hydrogen-bond acceptors (Lipinski definition) is 2. The Morgan fingerprint density at radius 3 is 2.14 bits per heavy atom. The lowest BCUT2D eigenvalue weighted by Crippen LogP contribution is -2.29. The van der Waals surface area contributed by atoms with Gasteiger partial charge >= 0.3 is 0 Å². The van der Waals surface area contributed by atoms with E-state index >= 15 is 0 Å². The summed E-state index contributed by atoms with van der Waals surface area (Å²) in [6, 6.07) is 0. The van der Waals surface area contributed by atoms with Crippen LogP contribution in [0.4, 0.5) is 0 Å². The van der Waals surface area contributed by atoms with E-state index in [0.717, 1.165) is 6.54 Å². The number of hydrogen-bond donors (Lipinski definition) is 1. The van der Waals surface area contributed by atoms with Crippen molar-refractivity contribution in [2.45, 2.75) is 4.05 Å². The summed E-state index contributed by atoms with van der Waals surface area (Å²) < 4.78 is 0.484. The Morgan fingerprint density at radius 1 is 1.71 bits per heavy atom. The largest absolute Gasteiger partial charge is 0.328 e. The fraction of sp³-hybridized carbons (Fsp3) is 1.00. The Kier molecular flexibility index (Phi) is 3.96. The van der Waals surface area contributed by atoms with Crippen LogP contribution in [0.5, 0.6) is 0 Å². The van der Waals surface area contributed by atoms with Crippen molar-refractivity contribution in [2.24, 2.45) is 5.73 Å². The summed E-state index contributed by atoms with van der Waals surface area (Å²) in [6.45, 7) is 0.730.